The van der Waals surface area contributed by atoms with Gasteiger partial charge in [0, 0.05) is 0 Å². The zero-order valence-corrected chi connectivity index (χ0v) is 22.6. The van der Waals surface area contributed by atoms with Crippen molar-refractivity contribution in [2.24, 2.45) is 0 Å². The second-order valence-corrected chi connectivity index (χ2v) is 12.6. The molecule has 0 aromatic heterocycles. The van der Waals surface area contributed by atoms with Gasteiger partial charge in [0.2, 0.25) is 0 Å². The first-order chi connectivity index (χ1) is 17.7. The summed E-state index contributed by atoms with van der Waals surface area (Å²) in [5.74, 6) is 0. The lowest BCUT2D eigenvalue weighted by Crippen LogP contribution is -2.11. The highest BCUT2D eigenvalue weighted by Gasteiger charge is 2.31. The van der Waals surface area contributed by atoms with E-state index in [0.717, 1.165) is 54.0 Å². The van der Waals surface area contributed by atoms with E-state index in [2.05, 4.69) is 84.0 Å². The Hall–Kier alpha value is -3.59. The number of fused-ring (bicyclic) bond motifs is 11. The van der Waals surface area contributed by atoms with Crippen LogP contribution < -0.4 is 0 Å². The molecule has 0 heterocycles. The van der Waals surface area contributed by atoms with E-state index in [4.69, 9.17) is 0 Å². The third-order valence-corrected chi connectivity index (χ3v) is 7.95. The Balaban J connectivity index is 1.99. The molecule has 38 heavy (non-hydrogen) atoms. The molecule has 0 saturated carbocycles. The van der Waals surface area contributed by atoms with Gasteiger partial charge in [-0.2, -0.15) is 13.2 Å². The average molecular weight is 509 g/mol. The van der Waals surface area contributed by atoms with E-state index >= 15 is 0 Å². The summed E-state index contributed by atoms with van der Waals surface area (Å²) in [7, 11) is 0. The zero-order chi connectivity index (χ0) is 27.2. The standard InChI is InChI=1S/C35H31F3/c1-33(2,3)20-11-14-25-26-15-12-21(34(4,5)6)18-29(26)32-30-19-22(35(36,37)38)13-16-24(30)23-9-7-8-10-27(23)31(32)28(25)17-20/h7-19H,1-6H3. The Labute approximate surface area is 221 Å². The third kappa shape index (κ3) is 3.74. The molecule has 0 radical (unpaired) electrons. The zero-order valence-electron chi connectivity index (χ0n) is 22.6. The van der Waals surface area contributed by atoms with Crippen LogP contribution in [-0.2, 0) is 17.0 Å². The molecule has 0 unspecified atom stereocenters. The summed E-state index contributed by atoms with van der Waals surface area (Å²) in [6.45, 7) is 13.1. The van der Waals surface area contributed by atoms with Gasteiger partial charge in [-0.25, -0.2) is 0 Å². The van der Waals surface area contributed by atoms with Gasteiger partial charge in [0.25, 0.3) is 0 Å². The van der Waals surface area contributed by atoms with Crippen LogP contribution >= 0.6 is 0 Å². The molecule has 6 rings (SSSR count). The smallest absolute Gasteiger partial charge is 0.166 e. The first kappa shape index (κ1) is 24.7. The van der Waals surface area contributed by atoms with E-state index in [1.807, 2.05) is 18.2 Å². The molecule has 6 aromatic rings. The predicted molar refractivity (Wildman–Crippen MR) is 156 cm³/mol. The van der Waals surface area contributed by atoms with Gasteiger partial charge in [-0.15, -0.1) is 0 Å². The van der Waals surface area contributed by atoms with E-state index in [1.54, 1.807) is 6.07 Å². The van der Waals surface area contributed by atoms with E-state index in [0.29, 0.717) is 5.39 Å². The summed E-state index contributed by atoms with van der Waals surface area (Å²) in [6, 6.07) is 25.5. The van der Waals surface area contributed by atoms with E-state index < -0.39 is 11.7 Å². The van der Waals surface area contributed by atoms with Crippen molar-refractivity contribution in [1.82, 2.24) is 0 Å². The second kappa shape index (κ2) is 7.96. The van der Waals surface area contributed by atoms with Gasteiger partial charge in [0.15, 0.2) is 0 Å². The Kier molecular flexibility index (Phi) is 5.18. The first-order valence-electron chi connectivity index (χ1n) is 13.1. The molecule has 0 nitrogen and oxygen atoms in total. The van der Waals surface area contributed by atoms with E-state index in [-0.39, 0.29) is 10.8 Å². The quantitative estimate of drug-likeness (QED) is 0.179. The maximum absolute atomic E-state index is 14.0. The number of alkyl halides is 3. The molecule has 6 aromatic carbocycles. The van der Waals surface area contributed by atoms with Crippen LogP contribution in [0, 0.1) is 0 Å². The Morgan fingerprint density at radius 1 is 0.395 bits per heavy atom. The van der Waals surface area contributed by atoms with Gasteiger partial charge in [-0.1, -0.05) is 96.1 Å². The maximum atomic E-state index is 14.0. The molecular formula is C35H31F3. The monoisotopic (exact) mass is 508 g/mol. The van der Waals surface area contributed by atoms with Crippen LogP contribution in [0.2, 0.25) is 0 Å². The molecule has 3 heteroatoms. The molecule has 0 fully saturated rings. The summed E-state index contributed by atoms with van der Waals surface area (Å²) < 4.78 is 42.0. The Morgan fingerprint density at radius 3 is 1.16 bits per heavy atom. The van der Waals surface area contributed by atoms with Gasteiger partial charge in [0.1, 0.15) is 0 Å². The van der Waals surface area contributed by atoms with E-state index in [1.165, 1.54) is 17.7 Å². The molecule has 0 aliphatic heterocycles. The minimum absolute atomic E-state index is 0.0678. The van der Waals surface area contributed by atoms with Crippen molar-refractivity contribution in [3.63, 3.8) is 0 Å². The Bertz CT molecular complexity index is 1880. The fourth-order valence-corrected chi connectivity index (χ4v) is 5.83. The van der Waals surface area contributed by atoms with Crippen molar-refractivity contribution in [3.05, 3.63) is 95.6 Å². The SMILES string of the molecule is CC(C)(C)c1ccc2c3ccc(C(C)(C)C)cc3c3c4cc(C(F)(F)F)ccc4c4ccccc4c3c2c1. The van der Waals surface area contributed by atoms with Crippen LogP contribution in [0.1, 0.15) is 58.2 Å². The lowest BCUT2D eigenvalue weighted by atomic mass is 9.80. The molecule has 0 aliphatic carbocycles. The molecule has 0 bridgehead atoms. The molecule has 0 saturated heterocycles. The largest absolute Gasteiger partial charge is 0.416 e. The van der Waals surface area contributed by atoms with Crippen molar-refractivity contribution in [2.75, 3.05) is 0 Å². The fourth-order valence-electron chi connectivity index (χ4n) is 5.83. The molecule has 0 aliphatic rings. The van der Waals surface area contributed by atoms with Gasteiger partial charge in [-0.3, -0.25) is 0 Å². The number of rotatable bonds is 0. The van der Waals surface area contributed by atoms with E-state index in [9.17, 15) is 13.2 Å². The van der Waals surface area contributed by atoms with Crippen LogP contribution in [0.3, 0.4) is 0 Å². The topological polar surface area (TPSA) is 0 Å². The highest BCUT2D eigenvalue weighted by Crippen LogP contribution is 2.46. The minimum atomic E-state index is -4.42. The van der Waals surface area contributed by atoms with Crippen LogP contribution in [0.15, 0.2) is 78.9 Å². The molecule has 192 valence electrons. The highest BCUT2D eigenvalue weighted by atomic mass is 19.4. The predicted octanol–water partition coefficient (Wildman–Crippen LogP) is 11.1. The van der Waals surface area contributed by atoms with Crippen molar-refractivity contribution < 1.29 is 13.2 Å². The van der Waals surface area contributed by atoms with Crippen LogP contribution in [0.4, 0.5) is 13.2 Å². The number of hydrogen-bond donors (Lipinski definition) is 0. The lowest BCUT2D eigenvalue weighted by molar-refractivity contribution is -0.137. The number of benzene rings is 6. The minimum Gasteiger partial charge on any atom is -0.166 e. The normalized spacial score (nSPS) is 13.4. The van der Waals surface area contributed by atoms with Crippen molar-refractivity contribution in [2.45, 2.75) is 58.5 Å². The summed E-state index contributed by atoms with van der Waals surface area (Å²) in [5, 5.41) is 9.70. The molecular weight excluding hydrogens is 477 g/mol. The molecule has 0 spiro atoms. The molecule has 0 atom stereocenters. The van der Waals surface area contributed by atoms with Crippen molar-refractivity contribution in [3.8, 4) is 0 Å². The highest BCUT2D eigenvalue weighted by molar-refractivity contribution is 6.39. The van der Waals surface area contributed by atoms with Gasteiger partial charge >= 0.3 is 6.18 Å². The lowest BCUT2D eigenvalue weighted by Gasteiger charge is -2.24. The average Bonchev–Trinajstić information content (AvgIpc) is 2.85. The number of halogens is 3. The molecule has 0 N–H and O–H groups in total. The van der Waals surface area contributed by atoms with Crippen LogP contribution in [-0.4, -0.2) is 0 Å². The summed E-state index contributed by atoms with van der Waals surface area (Å²) in [6.07, 6.45) is -4.42. The van der Waals surface area contributed by atoms with Gasteiger partial charge in [-0.05, 0) is 100 Å². The first-order valence-corrected chi connectivity index (χ1v) is 13.1. The fraction of sp³-hybridized carbons (Fsp3) is 0.257. The summed E-state index contributed by atoms with van der Waals surface area (Å²) in [5.41, 5.74) is 1.57. The van der Waals surface area contributed by atoms with Crippen LogP contribution in [0.25, 0.3) is 53.9 Å². The summed E-state index contributed by atoms with van der Waals surface area (Å²) >= 11 is 0. The summed E-state index contributed by atoms with van der Waals surface area (Å²) in [4.78, 5) is 0. The molecule has 0 amide bonds. The maximum Gasteiger partial charge on any atom is 0.416 e. The van der Waals surface area contributed by atoms with Crippen molar-refractivity contribution in [1.29, 1.82) is 0 Å². The third-order valence-electron chi connectivity index (χ3n) is 7.95. The Morgan fingerprint density at radius 2 is 0.737 bits per heavy atom. The van der Waals surface area contributed by atoms with Gasteiger partial charge < -0.3 is 0 Å². The van der Waals surface area contributed by atoms with Crippen molar-refractivity contribution >= 4 is 53.9 Å². The van der Waals surface area contributed by atoms with Gasteiger partial charge in [0.05, 0.1) is 5.56 Å². The second-order valence-electron chi connectivity index (χ2n) is 12.6. The van der Waals surface area contributed by atoms with Crippen LogP contribution in [0.5, 0.6) is 0 Å². The number of hydrogen-bond acceptors (Lipinski definition) is 0.